The number of benzene rings is 1. The van der Waals surface area contributed by atoms with Crippen molar-refractivity contribution in [3.63, 3.8) is 0 Å². The minimum atomic E-state index is 0.754. The van der Waals surface area contributed by atoms with Crippen molar-refractivity contribution in [3.8, 4) is 11.4 Å². The summed E-state index contributed by atoms with van der Waals surface area (Å²) in [5, 5.41) is 11.4. The largest absolute Gasteiger partial charge is 0.399 e. The Bertz CT molecular complexity index is 474. The van der Waals surface area contributed by atoms with Crippen molar-refractivity contribution < 1.29 is 0 Å². The summed E-state index contributed by atoms with van der Waals surface area (Å²) in [6, 6.07) is 5.85. The van der Waals surface area contributed by atoms with Gasteiger partial charge in [0.2, 0.25) is 0 Å². The van der Waals surface area contributed by atoms with Crippen LogP contribution in [0.3, 0.4) is 0 Å². The van der Waals surface area contributed by atoms with Gasteiger partial charge in [-0.1, -0.05) is 6.92 Å². The average molecular weight is 203 g/mol. The van der Waals surface area contributed by atoms with E-state index in [0.29, 0.717) is 0 Å². The van der Waals surface area contributed by atoms with Gasteiger partial charge in [0.25, 0.3) is 0 Å². The van der Waals surface area contributed by atoms with Crippen LogP contribution in [0.5, 0.6) is 0 Å². The quantitative estimate of drug-likeness (QED) is 0.740. The third-order valence-corrected chi connectivity index (χ3v) is 2.40. The van der Waals surface area contributed by atoms with Gasteiger partial charge in [-0.2, -0.15) is 0 Å². The van der Waals surface area contributed by atoms with Crippen molar-refractivity contribution >= 4 is 5.69 Å². The molecule has 0 amide bonds. The zero-order chi connectivity index (χ0) is 10.8. The lowest BCUT2D eigenvalue weighted by Gasteiger charge is -2.05. The molecule has 2 aromatic rings. The first-order valence-electron chi connectivity index (χ1n) is 4.83. The Balaban J connectivity index is 2.51. The third-order valence-electron chi connectivity index (χ3n) is 2.40. The number of nitrogens with zero attached hydrogens (tertiary/aromatic N) is 4. The van der Waals surface area contributed by atoms with Crippen LogP contribution < -0.4 is 5.73 Å². The first kappa shape index (κ1) is 9.64. The lowest BCUT2D eigenvalue weighted by atomic mass is 10.1. The van der Waals surface area contributed by atoms with Crippen molar-refractivity contribution in [1.29, 1.82) is 0 Å². The minimum absolute atomic E-state index is 0.754. The summed E-state index contributed by atoms with van der Waals surface area (Å²) in [5.41, 5.74) is 8.76. The summed E-state index contributed by atoms with van der Waals surface area (Å²) in [6.45, 7) is 2.07. The van der Waals surface area contributed by atoms with Crippen molar-refractivity contribution in [2.45, 2.75) is 13.3 Å². The van der Waals surface area contributed by atoms with Crippen LogP contribution in [0, 0.1) is 0 Å². The highest BCUT2D eigenvalue weighted by Gasteiger charge is 2.07. The normalized spacial score (nSPS) is 10.5. The van der Waals surface area contributed by atoms with Gasteiger partial charge in [-0.25, -0.2) is 4.68 Å². The molecule has 0 saturated carbocycles. The van der Waals surface area contributed by atoms with Crippen LogP contribution >= 0.6 is 0 Å². The molecule has 0 saturated heterocycles. The number of anilines is 1. The van der Waals surface area contributed by atoms with E-state index in [0.717, 1.165) is 29.1 Å². The van der Waals surface area contributed by atoms with Gasteiger partial charge in [0.15, 0.2) is 5.82 Å². The first-order valence-corrected chi connectivity index (χ1v) is 4.83. The molecule has 5 heteroatoms. The van der Waals surface area contributed by atoms with Crippen molar-refractivity contribution in [2.75, 3.05) is 5.73 Å². The molecular formula is C10H13N5. The summed E-state index contributed by atoms with van der Waals surface area (Å²) in [4.78, 5) is 0. The van der Waals surface area contributed by atoms with Gasteiger partial charge in [0, 0.05) is 18.3 Å². The highest BCUT2D eigenvalue weighted by atomic mass is 15.5. The molecule has 0 aliphatic rings. The van der Waals surface area contributed by atoms with E-state index in [2.05, 4.69) is 22.4 Å². The fourth-order valence-electron chi connectivity index (χ4n) is 1.53. The maximum absolute atomic E-state index is 5.83. The fraction of sp³-hybridized carbons (Fsp3) is 0.300. The van der Waals surface area contributed by atoms with E-state index in [1.807, 2.05) is 25.2 Å². The maximum atomic E-state index is 5.83. The Morgan fingerprint density at radius 3 is 2.80 bits per heavy atom. The predicted molar refractivity (Wildman–Crippen MR) is 58.0 cm³/mol. The van der Waals surface area contributed by atoms with Crippen molar-refractivity contribution in [2.24, 2.45) is 7.05 Å². The van der Waals surface area contributed by atoms with Gasteiger partial charge in [0.05, 0.1) is 0 Å². The molecule has 15 heavy (non-hydrogen) atoms. The van der Waals surface area contributed by atoms with Crippen LogP contribution in [0.1, 0.15) is 12.5 Å². The van der Waals surface area contributed by atoms with Gasteiger partial charge >= 0.3 is 0 Å². The Kier molecular flexibility index (Phi) is 2.37. The average Bonchev–Trinajstić information content (AvgIpc) is 2.65. The van der Waals surface area contributed by atoms with Crippen molar-refractivity contribution in [3.05, 3.63) is 23.8 Å². The molecule has 5 nitrogen and oxygen atoms in total. The predicted octanol–water partition coefficient (Wildman–Crippen LogP) is 1.02. The highest BCUT2D eigenvalue weighted by Crippen LogP contribution is 2.21. The number of hydrogen-bond donors (Lipinski definition) is 1. The van der Waals surface area contributed by atoms with E-state index in [1.54, 1.807) is 4.68 Å². The summed E-state index contributed by atoms with van der Waals surface area (Å²) >= 11 is 0. The summed E-state index contributed by atoms with van der Waals surface area (Å²) in [6.07, 6.45) is 0.908. The molecule has 2 rings (SSSR count). The minimum Gasteiger partial charge on any atom is -0.399 e. The number of aryl methyl sites for hydroxylation is 2. The Morgan fingerprint density at radius 2 is 2.20 bits per heavy atom. The molecule has 0 unspecified atom stereocenters. The Labute approximate surface area is 87.9 Å². The second-order valence-corrected chi connectivity index (χ2v) is 3.39. The molecule has 1 aromatic heterocycles. The molecule has 78 valence electrons. The van der Waals surface area contributed by atoms with Crippen LogP contribution in [0.4, 0.5) is 5.69 Å². The van der Waals surface area contributed by atoms with E-state index in [1.165, 1.54) is 0 Å². The number of tetrazole rings is 1. The highest BCUT2D eigenvalue weighted by molar-refractivity contribution is 5.62. The monoisotopic (exact) mass is 203 g/mol. The smallest absolute Gasteiger partial charge is 0.181 e. The van der Waals surface area contributed by atoms with E-state index in [9.17, 15) is 0 Å². The molecule has 0 atom stereocenters. The number of hydrogen-bond acceptors (Lipinski definition) is 4. The van der Waals surface area contributed by atoms with Crippen LogP contribution in [0.25, 0.3) is 11.4 Å². The van der Waals surface area contributed by atoms with Gasteiger partial charge in [-0.05, 0) is 40.6 Å². The summed E-state index contributed by atoms with van der Waals surface area (Å²) < 4.78 is 1.64. The zero-order valence-corrected chi connectivity index (χ0v) is 8.81. The molecule has 0 radical (unpaired) electrons. The molecule has 1 aromatic carbocycles. The lowest BCUT2D eigenvalue weighted by Crippen LogP contribution is -1.97. The number of nitrogen functional groups attached to an aromatic ring is 1. The number of rotatable bonds is 2. The lowest BCUT2D eigenvalue weighted by molar-refractivity contribution is 0.714. The third kappa shape index (κ3) is 1.68. The van der Waals surface area contributed by atoms with E-state index >= 15 is 0 Å². The number of aromatic nitrogens is 4. The molecule has 0 aliphatic carbocycles. The number of nitrogens with two attached hydrogens (primary N) is 1. The van der Waals surface area contributed by atoms with E-state index < -0.39 is 0 Å². The molecular weight excluding hydrogens is 190 g/mol. The SMILES string of the molecule is CCc1cc(-c2nnnn2C)ccc1N. The van der Waals surface area contributed by atoms with Crippen LogP contribution in [0.2, 0.25) is 0 Å². The molecule has 0 bridgehead atoms. The molecule has 0 spiro atoms. The summed E-state index contributed by atoms with van der Waals surface area (Å²) in [5.74, 6) is 0.754. The maximum Gasteiger partial charge on any atom is 0.181 e. The Morgan fingerprint density at radius 1 is 1.40 bits per heavy atom. The van der Waals surface area contributed by atoms with Gasteiger partial charge in [0.1, 0.15) is 0 Å². The second kappa shape index (κ2) is 3.68. The van der Waals surface area contributed by atoms with Crippen molar-refractivity contribution in [1.82, 2.24) is 20.2 Å². The van der Waals surface area contributed by atoms with E-state index in [4.69, 9.17) is 5.73 Å². The van der Waals surface area contributed by atoms with Crippen LogP contribution in [-0.4, -0.2) is 20.2 Å². The summed E-state index contributed by atoms with van der Waals surface area (Å²) in [7, 11) is 1.82. The standard InChI is InChI=1S/C10H13N5/c1-3-7-6-8(4-5-9(7)11)10-12-13-14-15(10)2/h4-6H,3,11H2,1-2H3. The second-order valence-electron chi connectivity index (χ2n) is 3.39. The fourth-order valence-corrected chi connectivity index (χ4v) is 1.53. The van der Waals surface area contributed by atoms with E-state index in [-0.39, 0.29) is 0 Å². The van der Waals surface area contributed by atoms with Crippen LogP contribution in [-0.2, 0) is 13.5 Å². The molecule has 0 fully saturated rings. The topological polar surface area (TPSA) is 69.6 Å². The van der Waals surface area contributed by atoms with Gasteiger partial charge in [-0.15, -0.1) is 5.10 Å². The van der Waals surface area contributed by atoms with Gasteiger partial charge in [-0.3, -0.25) is 0 Å². The van der Waals surface area contributed by atoms with Crippen LogP contribution in [0.15, 0.2) is 18.2 Å². The Hall–Kier alpha value is -1.91. The first-order chi connectivity index (χ1) is 7.22. The molecule has 0 aliphatic heterocycles. The van der Waals surface area contributed by atoms with Gasteiger partial charge < -0.3 is 5.73 Å². The molecule has 2 N–H and O–H groups in total. The molecule has 1 heterocycles. The zero-order valence-electron chi connectivity index (χ0n) is 8.81.